The lowest BCUT2D eigenvalue weighted by Crippen LogP contribution is -2.44. The number of nitrogens with one attached hydrogen (secondary N) is 1. The molecule has 2 aromatic carbocycles. The average Bonchev–Trinajstić information content (AvgIpc) is 2.74. The SMILES string of the molecule is Cc1ccc(-c2c(C)c3c(c(C)c2CC(=O)O)NC(=O)C2(CCCCC2)C3)c(OC(C)(C)C)c1. The smallest absolute Gasteiger partial charge is 0.307 e. The Hall–Kier alpha value is -2.82. The Morgan fingerprint density at radius 1 is 1.09 bits per heavy atom. The number of anilines is 1. The lowest BCUT2D eigenvalue weighted by Gasteiger charge is -2.41. The number of benzene rings is 2. The van der Waals surface area contributed by atoms with Gasteiger partial charge >= 0.3 is 5.97 Å². The number of carboxylic acids is 1. The van der Waals surface area contributed by atoms with Gasteiger partial charge in [0.25, 0.3) is 0 Å². The Bertz CT molecular complexity index is 1150. The van der Waals surface area contributed by atoms with Crippen LogP contribution in [0.15, 0.2) is 18.2 Å². The Labute approximate surface area is 202 Å². The Balaban J connectivity index is 1.98. The van der Waals surface area contributed by atoms with E-state index in [1.807, 2.05) is 52.8 Å². The van der Waals surface area contributed by atoms with E-state index < -0.39 is 11.6 Å². The summed E-state index contributed by atoms with van der Waals surface area (Å²) < 4.78 is 6.38. The molecule has 1 fully saturated rings. The van der Waals surface area contributed by atoms with Gasteiger partial charge in [0.1, 0.15) is 11.4 Å². The average molecular weight is 464 g/mol. The van der Waals surface area contributed by atoms with Gasteiger partial charge in [-0.15, -0.1) is 0 Å². The molecule has 1 heterocycles. The maximum absolute atomic E-state index is 13.3. The normalized spacial score (nSPS) is 17.3. The van der Waals surface area contributed by atoms with Crippen LogP contribution in [0.2, 0.25) is 0 Å². The first-order valence-corrected chi connectivity index (χ1v) is 12.4. The summed E-state index contributed by atoms with van der Waals surface area (Å²) in [7, 11) is 0. The van der Waals surface area contributed by atoms with Gasteiger partial charge in [0.05, 0.1) is 11.8 Å². The summed E-state index contributed by atoms with van der Waals surface area (Å²) >= 11 is 0. The number of ether oxygens (including phenoxy) is 1. The Kier molecular flexibility index (Phi) is 6.26. The van der Waals surface area contributed by atoms with Crippen molar-refractivity contribution in [1.82, 2.24) is 0 Å². The summed E-state index contributed by atoms with van der Waals surface area (Å²) in [5, 5.41) is 13.0. The molecule has 34 heavy (non-hydrogen) atoms. The molecule has 2 aliphatic rings. The number of carbonyl (C=O) groups excluding carboxylic acids is 1. The largest absolute Gasteiger partial charge is 0.488 e. The van der Waals surface area contributed by atoms with Gasteiger partial charge in [0.15, 0.2) is 0 Å². The third kappa shape index (κ3) is 4.45. The lowest BCUT2D eigenvalue weighted by molar-refractivity contribution is -0.136. The number of fused-ring (bicyclic) bond motifs is 1. The first-order valence-electron chi connectivity index (χ1n) is 12.4. The minimum atomic E-state index is -0.889. The van der Waals surface area contributed by atoms with Gasteiger partial charge in [-0.1, -0.05) is 31.4 Å². The van der Waals surface area contributed by atoms with E-state index in [1.54, 1.807) is 0 Å². The first-order chi connectivity index (χ1) is 15.9. The van der Waals surface area contributed by atoms with E-state index in [-0.39, 0.29) is 17.7 Å². The van der Waals surface area contributed by atoms with Crippen molar-refractivity contribution in [2.24, 2.45) is 5.41 Å². The number of aryl methyl sites for hydroxylation is 1. The highest BCUT2D eigenvalue weighted by atomic mass is 16.5. The second kappa shape index (κ2) is 8.75. The molecule has 0 saturated heterocycles. The monoisotopic (exact) mass is 463 g/mol. The van der Waals surface area contributed by atoms with Crippen LogP contribution in [0.4, 0.5) is 5.69 Å². The molecule has 0 bridgehead atoms. The van der Waals surface area contributed by atoms with Gasteiger partial charge in [-0.25, -0.2) is 0 Å². The van der Waals surface area contributed by atoms with Crippen LogP contribution in [-0.2, 0) is 22.4 Å². The van der Waals surface area contributed by atoms with Crippen molar-refractivity contribution in [3.63, 3.8) is 0 Å². The quantitative estimate of drug-likeness (QED) is 0.541. The third-order valence-corrected chi connectivity index (χ3v) is 7.46. The topological polar surface area (TPSA) is 75.6 Å². The Morgan fingerprint density at radius 2 is 1.76 bits per heavy atom. The molecule has 2 aromatic rings. The van der Waals surface area contributed by atoms with Gasteiger partial charge in [0.2, 0.25) is 5.91 Å². The molecule has 0 radical (unpaired) electrons. The fourth-order valence-corrected chi connectivity index (χ4v) is 5.80. The minimum Gasteiger partial charge on any atom is -0.488 e. The number of carboxylic acid groups (broad SMARTS) is 1. The van der Waals surface area contributed by atoms with Crippen LogP contribution < -0.4 is 10.1 Å². The van der Waals surface area contributed by atoms with E-state index in [9.17, 15) is 14.7 Å². The fraction of sp³-hybridized carbons (Fsp3) is 0.517. The second-order valence-corrected chi connectivity index (χ2v) is 11.2. The molecule has 0 aromatic heterocycles. The molecule has 1 aliphatic carbocycles. The van der Waals surface area contributed by atoms with E-state index in [1.165, 1.54) is 6.42 Å². The van der Waals surface area contributed by atoms with E-state index in [0.717, 1.165) is 76.1 Å². The van der Waals surface area contributed by atoms with Crippen LogP contribution in [0, 0.1) is 26.2 Å². The van der Waals surface area contributed by atoms with Gasteiger partial charge < -0.3 is 15.2 Å². The van der Waals surface area contributed by atoms with Crippen molar-refractivity contribution < 1.29 is 19.4 Å². The van der Waals surface area contributed by atoms with Crippen molar-refractivity contribution in [2.45, 2.75) is 92.1 Å². The zero-order valence-electron chi connectivity index (χ0n) is 21.4. The molecular formula is C29H37NO4. The number of aliphatic carboxylic acids is 1. The van der Waals surface area contributed by atoms with Gasteiger partial charge in [-0.2, -0.15) is 0 Å². The van der Waals surface area contributed by atoms with Crippen LogP contribution in [0.1, 0.15) is 80.7 Å². The van der Waals surface area contributed by atoms with E-state index in [2.05, 4.69) is 12.2 Å². The molecule has 5 nitrogen and oxygen atoms in total. The van der Waals surface area contributed by atoms with Gasteiger partial charge in [-0.05, 0) is 100 Å². The van der Waals surface area contributed by atoms with E-state index in [0.29, 0.717) is 6.42 Å². The zero-order chi connectivity index (χ0) is 24.8. The predicted octanol–water partition coefficient (Wildman–Crippen LogP) is 6.53. The standard InChI is InChI=1S/C29H37NO4/c1-17-10-11-20(23(14-17)34-28(4,5)6)25-18(2)22-16-29(12-8-7-9-13-29)27(33)30-26(22)19(3)21(25)15-24(31)32/h10-11,14H,7-9,12-13,15-16H2,1-6H3,(H,30,33)(H,31,32). The number of carbonyl (C=O) groups is 2. The molecule has 5 heteroatoms. The number of hydrogen-bond acceptors (Lipinski definition) is 3. The molecule has 1 amide bonds. The highest BCUT2D eigenvalue weighted by Crippen LogP contribution is 2.50. The highest BCUT2D eigenvalue weighted by Gasteiger charge is 2.44. The van der Waals surface area contributed by atoms with Crippen LogP contribution in [0.5, 0.6) is 5.75 Å². The van der Waals surface area contributed by atoms with Crippen molar-refractivity contribution in [3.05, 3.63) is 46.0 Å². The summed E-state index contributed by atoms with van der Waals surface area (Å²) in [6.45, 7) is 12.1. The fourth-order valence-electron chi connectivity index (χ4n) is 5.80. The van der Waals surface area contributed by atoms with Crippen LogP contribution in [0.25, 0.3) is 11.1 Å². The van der Waals surface area contributed by atoms with E-state index >= 15 is 0 Å². The maximum atomic E-state index is 13.3. The van der Waals surface area contributed by atoms with E-state index in [4.69, 9.17) is 4.74 Å². The highest BCUT2D eigenvalue weighted by molar-refractivity contribution is 6.01. The molecular weight excluding hydrogens is 426 g/mol. The molecule has 1 spiro atoms. The van der Waals surface area contributed by atoms with Crippen molar-refractivity contribution in [2.75, 3.05) is 5.32 Å². The molecule has 2 N–H and O–H groups in total. The zero-order valence-corrected chi connectivity index (χ0v) is 21.4. The van der Waals surface area contributed by atoms with Crippen LogP contribution in [-0.4, -0.2) is 22.6 Å². The molecule has 182 valence electrons. The lowest BCUT2D eigenvalue weighted by atomic mass is 9.66. The third-order valence-electron chi connectivity index (χ3n) is 7.46. The summed E-state index contributed by atoms with van der Waals surface area (Å²) in [6, 6.07) is 6.13. The van der Waals surface area contributed by atoms with Crippen molar-refractivity contribution in [1.29, 1.82) is 0 Å². The molecule has 0 atom stereocenters. The van der Waals surface area contributed by atoms with Gasteiger partial charge in [-0.3, -0.25) is 9.59 Å². The maximum Gasteiger partial charge on any atom is 0.307 e. The number of rotatable bonds is 4. The predicted molar refractivity (Wildman–Crippen MR) is 136 cm³/mol. The number of hydrogen-bond donors (Lipinski definition) is 2. The van der Waals surface area contributed by atoms with Crippen molar-refractivity contribution >= 4 is 17.6 Å². The number of amides is 1. The summed E-state index contributed by atoms with van der Waals surface area (Å²) in [4.78, 5) is 25.2. The molecule has 1 aliphatic heterocycles. The minimum absolute atomic E-state index is 0.100. The molecule has 1 saturated carbocycles. The summed E-state index contributed by atoms with van der Waals surface area (Å²) in [5.41, 5.74) is 6.77. The van der Waals surface area contributed by atoms with Crippen LogP contribution >= 0.6 is 0 Å². The van der Waals surface area contributed by atoms with Gasteiger partial charge in [0, 0.05) is 11.3 Å². The van der Waals surface area contributed by atoms with Crippen LogP contribution in [0.3, 0.4) is 0 Å². The second-order valence-electron chi connectivity index (χ2n) is 11.2. The molecule has 4 rings (SSSR count). The first kappa shape index (κ1) is 24.3. The summed E-state index contributed by atoms with van der Waals surface area (Å²) in [6.07, 6.45) is 5.75. The molecule has 0 unspecified atom stereocenters. The Morgan fingerprint density at radius 3 is 2.38 bits per heavy atom. The van der Waals surface area contributed by atoms with Crippen molar-refractivity contribution in [3.8, 4) is 16.9 Å². The summed E-state index contributed by atoms with van der Waals surface area (Å²) in [5.74, 6) is -0.0304.